The van der Waals surface area contributed by atoms with Gasteiger partial charge < -0.3 is 23.8 Å². The summed E-state index contributed by atoms with van der Waals surface area (Å²) in [5, 5.41) is 9.56. The van der Waals surface area contributed by atoms with E-state index < -0.39 is 5.54 Å². The smallest absolute Gasteiger partial charge is 0.275 e. The molecule has 0 unspecified atom stereocenters. The summed E-state index contributed by atoms with van der Waals surface area (Å²) in [4.78, 5) is 16.0. The maximum Gasteiger partial charge on any atom is 0.275 e. The van der Waals surface area contributed by atoms with E-state index in [1.807, 2.05) is 69.2 Å². The summed E-state index contributed by atoms with van der Waals surface area (Å²) in [6.07, 6.45) is 2.71. The molecule has 2 aromatic carbocycles. The molecular formula is C31H37N5O5. The lowest BCUT2D eigenvalue weighted by Gasteiger charge is -2.35. The number of hydrogen-bond acceptors (Lipinski definition) is 7. The minimum absolute atomic E-state index is 0.144. The first kappa shape index (κ1) is 28.1. The van der Waals surface area contributed by atoms with E-state index in [1.165, 1.54) is 0 Å². The first-order valence-corrected chi connectivity index (χ1v) is 13.6. The van der Waals surface area contributed by atoms with Crippen LogP contribution in [0.2, 0.25) is 0 Å². The van der Waals surface area contributed by atoms with Crippen molar-refractivity contribution in [3.05, 3.63) is 53.9 Å². The Kier molecular flexibility index (Phi) is 7.42. The van der Waals surface area contributed by atoms with Gasteiger partial charge in [0.25, 0.3) is 5.91 Å². The number of amides is 1. The van der Waals surface area contributed by atoms with Crippen LogP contribution in [-0.2, 0) is 13.7 Å². The number of benzene rings is 2. The standard InChI is InChI=1S/C31H37N5O5/c1-9-11-35(31(2,3)4)30(37)28-24-18-41-27-17-26(40-8)22(25-10-12-34(5)32-25)16-23(27)29(24)36(33-28)19-13-20(38-6)15-21(14-19)39-7/h10,12-17H,9,11,18H2,1-8H3. The third kappa shape index (κ3) is 5.10. The Morgan fingerprint density at radius 2 is 1.71 bits per heavy atom. The third-order valence-corrected chi connectivity index (χ3v) is 7.19. The maximum absolute atomic E-state index is 14.2. The zero-order valence-corrected chi connectivity index (χ0v) is 24.9. The molecule has 4 aromatic rings. The highest BCUT2D eigenvalue weighted by Gasteiger charge is 2.36. The number of carbonyl (C=O) groups is 1. The number of rotatable bonds is 8. The molecule has 10 heteroatoms. The van der Waals surface area contributed by atoms with Gasteiger partial charge in [-0.2, -0.15) is 10.2 Å². The lowest BCUT2D eigenvalue weighted by atomic mass is 9.97. The molecule has 10 nitrogen and oxygen atoms in total. The summed E-state index contributed by atoms with van der Waals surface area (Å²) >= 11 is 0. The second-order valence-corrected chi connectivity index (χ2v) is 11.0. The predicted octanol–water partition coefficient (Wildman–Crippen LogP) is 5.51. The molecule has 0 fully saturated rings. The zero-order chi connectivity index (χ0) is 29.5. The third-order valence-electron chi connectivity index (χ3n) is 7.19. The van der Waals surface area contributed by atoms with Crippen LogP contribution in [0.5, 0.6) is 23.0 Å². The van der Waals surface area contributed by atoms with E-state index in [1.54, 1.807) is 36.8 Å². The molecule has 2 aromatic heterocycles. The maximum atomic E-state index is 14.2. The van der Waals surface area contributed by atoms with Crippen molar-refractivity contribution in [2.45, 2.75) is 46.3 Å². The van der Waals surface area contributed by atoms with E-state index in [2.05, 4.69) is 12.0 Å². The van der Waals surface area contributed by atoms with Gasteiger partial charge >= 0.3 is 0 Å². The number of hydrogen-bond donors (Lipinski definition) is 0. The molecular weight excluding hydrogens is 522 g/mol. The average Bonchev–Trinajstić information content (AvgIpc) is 3.57. The molecule has 0 saturated carbocycles. The fourth-order valence-corrected chi connectivity index (χ4v) is 5.17. The summed E-state index contributed by atoms with van der Waals surface area (Å²) < 4.78 is 26.7. The van der Waals surface area contributed by atoms with Gasteiger partial charge in [-0.15, -0.1) is 0 Å². The van der Waals surface area contributed by atoms with Crippen LogP contribution in [0.25, 0.3) is 28.2 Å². The van der Waals surface area contributed by atoms with E-state index >= 15 is 0 Å². The van der Waals surface area contributed by atoms with E-state index in [0.717, 1.165) is 28.9 Å². The second kappa shape index (κ2) is 10.8. The van der Waals surface area contributed by atoms with Crippen LogP contribution in [0.3, 0.4) is 0 Å². The van der Waals surface area contributed by atoms with Crippen molar-refractivity contribution in [1.82, 2.24) is 24.5 Å². The normalized spacial score (nSPS) is 12.3. The molecule has 5 rings (SSSR count). The van der Waals surface area contributed by atoms with Crippen LogP contribution in [0.15, 0.2) is 42.6 Å². The molecule has 0 spiro atoms. The second-order valence-electron chi connectivity index (χ2n) is 11.0. The molecule has 1 aliphatic heterocycles. The van der Waals surface area contributed by atoms with Gasteiger partial charge in [0.2, 0.25) is 0 Å². The molecule has 0 bridgehead atoms. The molecule has 0 N–H and O–H groups in total. The van der Waals surface area contributed by atoms with E-state index in [0.29, 0.717) is 46.5 Å². The molecule has 1 amide bonds. The first-order valence-electron chi connectivity index (χ1n) is 13.6. The number of fused-ring (bicyclic) bond motifs is 3. The van der Waals surface area contributed by atoms with Gasteiger partial charge in [0.1, 0.15) is 29.6 Å². The van der Waals surface area contributed by atoms with Crippen molar-refractivity contribution in [2.24, 2.45) is 7.05 Å². The zero-order valence-electron chi connectivity index (χ0n) is 24.9. The number of carbonyl (C=O) groups excluding carboxylic acids is 1. The number of aryl methyl sites for hydroxylation is 1. The van der Waals surface area contributed by atoms with Crippen LogP contribution in [-0.4, -0.2) is 63.8 Å². The van der Waals surface area contributed by atoms with Gasteiger partial charge in [-0.25, -0.2) is 4.68 Å². The Bertz CT molecular complexity index is 1570. The van der Waals surface area contributed by atoms with Crippen LogP contribution >= 0.6 is 0 Å². The topological polar surface area (TPSA) is 92.9 Å². The molecule has 1 aliphatic rings. The van der Waals surface area contributed by atoms with E-state index in [-0.39, 0.29) is 12.5 Å². The van der Waals surface area contributed by atoms with Crippen LogP contribution in [0, 0.1) is 0 Å². The summed E-state index contributed by atoms with van der Waals surface area (Å²) in [7, 11) is 6.70. The molecule has 216 valence electrons. The van der Waals surface area contributed by atoms with E-state index in [4.69, 9.17) is 24.0 Å². The number of nitrogens with zero attached hydrogens (tertiary/aromatic N) is 5. The summed E-state index contributed by atoms with van der Waals surface area (Å²) in [6.45, 7) is 8.96. The van der Waals surface area contributed by atoms with Gasteiger partial charge in [-0.3, -0.25) is 9.48 Å². The van der Waals surface area contributed by atoms with Gasteiger partial charge in [-0.1, -0.05) is 6.92 Å². The van der Waals surface area contributed by atoms with Gasteiger partial charge in [-0.05, 0) is 39.3 Å². The van der Waals surface area contributed by atoms with Crippen molar-refractivity contribution in [2.75, 3.05) is 27.9 Å². The average molecular weight is 560 g/mol. The Morgan fingerprint density at radius 1 is 1.00 bits per heavy atom. The van der Waals surface area contributed by atoms with Crippen molar-refractivity contribution in [3.8, 4) is 51.2 Å². The largest absolute Gasteiger partial charge is 0.497 e. The fourth-order valence-electron chi connectivity index (χ4n) is 5.17. The fraction of sp³-hybridized carbons (Fsp3) is 0.387. The van der Waals surface area contributed by atoms with Crippen molar-refractivity contribution in [1.29, 1.82) is 0 Å². The highest BCUT2D eigenvalue weighted by molar-refractivity contribution is 5.97. The Hall–Kier alpha value is -4.47. The predicted molar refractivity (Wildman–Crippen MR) is 156 cm³/mol. The van der Waals surface area contributed by atoms with Crippen molar-refractivity contribution >= 4 is 5.91 Å². The number of aromatic nitrogens is 4. The number of ether oxygens (including phenoxy) is 4. The first-order chi connectivity index (χ1) is 19.6. The molecule has 0 atom stereocenters. The lowest BCUT2D eigenvalue weighted by molar-refractivity contribution is 0.0573. The SMILES string of the molecule is CCCN(C(=O)c1nn(-c2cc(OC)cc(OC)c2)c2c1COc1cc(OC)c(-c3ccn(C)n3)cc1-2)C(C)(C)C. The highest BCUT2D eigenvalue weighted by Crippen LogP contribution is 2.46. The monoisotopic (exact) mass is 559 g/mol. The van der Waals surface area contributed by atoms with Crippen molar-refractivity contribution < 1.29 is 23.7 Å². The van der Waals surface area contributed by atoms with Crippen LogP contribution < -0.4 is 18.9 Å². The van der Waals surface area contributed by atoms with Crippen molar-refractivity contribution in [3.63, 3.8) is 0 Å². The Morgan fingerprint density at radius 3 is 2.27 bits per heavy atom. The van der Waals surface area contributed by atoms with Gasteiger partial charge in [0.15, 0.2) is 5.69 Å². The lowest BCUT2D eigenvalue weighted by Crippen LogP contribution is -2.46. The molecule has 3 heterocycles. The highest BCUT2D eigenvalue weighted by atomic mass is 16.5. The molecule has 0 radical (unpaired) electrons. The van der Waals surface area contributed by atoms with Gasteiger partial charge in [0, 0.05) is 66.3 Å². The minimum atomic E-state index is -0.393. The molecule has 0 aliphatic carbocycles. The van der Waals surface area contributed by atoms with E-state index in [9.17, 15) is 4.79 Å². The Balaban J connectivity index is 1.80. The molecule has 0 saturated heterocycles. The number of methoxy groups -OCH3 is 3. The Labute approximate surface area is 240 Å². The quantitative estimate of drug-likeness (QED) is 0.281. The molecule has 41 heavy (non-hydrogen) atoms. The van der Waals surface area contributed by atoms with Gasteiger partial charge in [0.05, 0.1) is 38.4 Å². The van der Waals surface area contributed by atoms with Crippen LogP contribution in [0.4, 0.5) is 0 Å². The van der Waals surface area contributed by atoms with Crippen LogP contribution in [0.1, 0.15) is 50.2 Å². The summed E-state index contributed by atoms with van der Waals surface area (Å²) in [5.41, 5.74) is 4.46. The minimum Gasteiger partial charge on any atom is -0.497 e. The summed E-state index contributed by atoms with van der Waals surface area (Å²) in [6, 6.07) is 11.3. The summed E-state index contributed by atoms with van der Waals surface area (Å²) in [5.74, 6) is 2.34.